The third-order valence-corrected chi connectivity index (χ3v) is 4.46. The van der Waals surface area contributed by atoms with Gasteiger partial charge >= 0.3 is 5.97 Å². The van der Waals surface area contributed by atoms with E-state index in [0.29, 0.717) is 0 Å². The number of rotatable bonds is 7. The topological polar surface area (TPSA) is 198 Å². The summed E-state index contributed by atoms with van der Waals surface area (Å²) < 4.78 is 33.0. The molecule has 2 aromatic rings. The highest BCUT2D eigenvalue weighted by Crippen LogP contribution is 2.34. The number of nitrogens with zero attached hydrogens (tertiary/aromatic N) is 1. The number of hydrogen-bond donors (Lipinski definition) is 3. The van der Waals surface area contributed by atoms with Crippen LogP contribution in [-0.4, -0.2) is 31.8 Å². The van der Waals surface area contributed by atoms with Gasteiger partial charge in [-0.2, -0.15) is 0 Å². The molecular weight excluding hydrogens is 396 g/mol. The molecule has 0 aliphatic heterocycles. The van der Waals surface area contributed by atoms with E-state index in [2.05, 4.69) is 5.32 Å². The lowest BCUT2D eigenvalue weighted by Crippen LogP contribution is -2.18. The Kier molecular flexibility index (Phi) is 5.70. The standard InChI is InChI=1S/C15H16N4O8S/c1-3-26-15(21)11-7(2)27-14(12(11)13(16)20)18-9-5-4-8(28(17,24)25)6-10(9)19(22)23/h4-6,18H,3H2,1-2H3,(H2,16,20)(H2,17,24,25). The summed E-state index contributed by atoms with van der Waals surface area (Å²) in [6, 6.07) is 2.82. The molecular formula is C15H16N4O8S. The quantitative estimate of drug-likeness (QED) is 0.339. The minimum absolute atomic E-state index is 0.00133. The molecule has 0 saturated heterocycles. The molecule has 1 aromatic carbocycles. The van der Waals surface area contributed by atoms with Gasteiger partial charge in [0.25, 0.3) is 11.6 Å². The van der Waals surface area contributed by atoms with Gasteiger partial charge in [-0.25, -0.2) is 18.4 Å². The second-order valence-electron chi connectivity index (χ2n) is 5.43. The molecule has 5 N–H and O–H groups in total. The molecule has 12 nitrogen and oxygen atoms in total. The van der Waals surface area contributed by atoms with Gasteiger partial charge in [0, 0.05) is 6.07 Å². The maximum atomic E-state index is 12.1. The average molecular weight is 412 g/mol. The lowest BCUT2D eigenvalue weighted by atomic mass is 10.1. The number of primary amides is 1. The number of sulfonamides is 1. The number of benzene rings is 1. The number of nitro groups is 1. The first-order chi connectivity index (χ1) is 13.0. The molecule has 0 saturated carbocycles. The van der Waals surface area contributed by atoms with Crippen LogP contribution in [0, 0.1) is 17.0 Å². The first-order valence-corrected chi connectivity index (χ1v) is 9.20. The van der Waals surface area contributed by atoms with E-state index in [1.165, 1.54) is 6.92 Å². The minimum atomic E-state index is -4.18. The number of anilines is 2. The third kappa shape index (κ3) is 4.10. The zero-order valence-corrected chi connectivity index (χ0v) is 15.5. The lowest BCUT2D eigenvalue weighted by Gasteiger charge is -2.07. The van der Waals surface area contributed by atoms with E-state index in [1.54, 1.807) is 6.92 Å². The normalized spacial score (nSPS) is 11.1. The molecule has 1 aromatic heterocycles. The van der Waals surface area contributed by atoms with Crippen molar-refractivity contribution in [3.8, 4) is 0 Å². The first kappa shape index (κ1) is 20.9. The average Bonchev–Trinajstić information content (AvgIpc) is 2.90. The molecule has 28 heavy (non-hydrogen) atoms. The number of hydrogen-bond acceptors (Lipinski definition) is 9. The van der Waals surface area contributed by atoms with Gasteiger partial charge in [-0.15, -0.1) is 0 Å². The van der Waals surface area contributed by atoms with Crippen LogP contribution in [0.5, 0.6) is 0 Å². The number of carbonyl (C=O) groups excluding carboxylic acids is 2. The molecule has 0 radical (unpaired) electrons. The molecule has 0 aliphatic rings. The summed E-state index contributed by atoms with van der Waals surface area (Å²) in [6.45, 7) is 2.97. The van der Waals surface area contributed by atoms with Gasteiger partial charge in [0.05, 0.1) is 16.4 Å². The van der Waals surface area contributed by atoms with Crippen molar-refractivity contribution in [2.75, 3.05) is 11.9 Å². The molecule has 0 atom stereocenters. The first-order valence-electron chi connectivity index (χ1n) is 7.66. The van der Waals surface area contributed by atoms with Gasteiger partial charge in [-0.1, -0.05) is 0 Å². The van der Waals surface area contributed by atoms with Crippen LogP contribution in [0.1, 0.15) is 33.4 Å². The second kappa shape index (κ2) is 7.66. The van der Waals surface area contributed by atoms with Crippen LogP contribution in [0.25, 0.3) is 0 Å². The van der Waals surface area contributed by atoms with Gasteiger partial charge in [0.2, 0.25) is 15.9 Å². The number of nitrogens with one attached hydrogen (secondary N) is 1. The van der Waals surface area contributed by atoms with Crippen molar-refractivity contribution in [3.05, 3.63) is 45.2 Å². The molecule has 150 valence electrons. The van der Waals surface area contributed by atoms with Crippen molar-refractivity contribution < 1.29 is 32.1 Å². The van der Waals surface area contributed by atoms with Gasteiger partial charge in [0.15, 0.2) is 0 Å². The third-order valence-electron chi connectivity index (χ3n) is 3.55. The number of ether oxygens (including phenoxy) is 1. The molecule has 0 unspecified atom stereocenters. The van der Waals surface area contributed by atoms with E-state index in [1.807, 2.05) is 0 Å². The fourth-order valence-corrected chi connectivity index (χ4v) is 2.92. The van der Waals surface area contributed by atoms with E-state index in [9.17, 15) is 28.1 Å². The molecule has 0 spiro atoms. The summed E-state index contributed by atoms with van der Waals surface area (Å²) in [7, 11) is -4.18. The van der Waals surface area contributed by atoms with E-state index < -0.39 is 37.4 Å². The van der Waals surface area contributed by atoms with Crippen LogP contribution >= 0.6 is 0 Å². The highest BCUT2D eigenvalue weighted by molar-refractivity contribution is 7.89. The molecule has 1 amide bonds. The molecule has 2 rings (SSSR count). The zero-order chi connectivity index (χ0) is 21.2. The van der Waals surface area contributed by atoms with Gasteiger partial charge in [-0.3, -0.25) is 14.9 Å². The fraction of sp³-hybridized carbons (Fsp3) is 0.200. The zero-order valence-electron chi connectivity index (χ0n) is 14.7. The van der Waals surface area contributed by atoms with Crippen LogP contribution < -0.4 is 16.2 Å². The molecule has 13 heteroatoms. The predicted molar refractivity (Wildman–Crippen MR) is 95.7 cm³/mol. The van der Waals surface area contributed by atoms with E-state index in [4.69, 9.17) is 20.0 Å². The number of primary sulfonamides is 1. The number of furan rings is 1. The number of nitro benzene ring substituents is 1. The molecule has 0 fully saturated rings. The Balaban J connectivity index is 2.60. The Labute approximate surface area is 158 Å². The maximum absolute atomic E-state index is 12.1. The summed E-state index contributed by atoms with van der Waals surface area (Å²) in [4.78, 5) is 33.9. The monoisotopic (exact) mass is 412 g/mol. The molecule has 1 heterocycles. The maximum Gasteiger partial charge on any atom is 0.342 e. The van der Waals surface area contributed by atoms with Gasteiger partial charge < -0.3 is 20.2 Å². The summed E-state index contributed by atoms with van der Waals surface area (Å²) >= 11 is 0. The Morgan fingerprint density at radius 2 is 1.96 bits per heavy atom. The van der Waals surface area contributed by atoms with Crippen LogP contribution in [-0.2, 0) is 14.8 Å². The fourth-order valence-electron chi connectivity index (χ4n) is 2.38. The van der Waals surface area contributed by atoms with Crippen LogP contribution in [0.3, 0.4) is 0 Å². The highest BCUT2D eigenvalue weighted by atomic mass is 32.2. The lowest BCUT2D eigenvalue weighted by molar-refractivity contribution is -0.384. The summed E-state index contributed by atoms with van der Waals surface area (Å²) in [5, 5.41) is 18.8. The number of aryl methyl sites for hydroxylation is 1. The molecule has 0 aliphatic carbocycles. The summed E-state index contributed by atoms with van der Waals surface area (Å²) in [6.07, 6.45) is 0. The van der Waals surface area contributed by atoms with Crippen molar-refractivity contribution >= 4 is 39.2 Å². The largest absolute Gasteiger partial charge is 0.462 e. The number of amides is 1. The van der Waals surface area contributed by atoms with Crippen LogP contribution in [0.15, 0.2) is 27.5 Å². The SMILES string of the molecule is CCOC(=O)c1c(C)oc(Nc2ccc(S(N)(=O)=O)cc2[N+](=O)[O-])c1C(N)=O. The van der Waals surface area contributed by atoms with Crippen molar-refractivity contribution in [2.24, 2.45) is 10.9 Å². The van der Waals surface area contributed by atoms with Gasteiger partial charge in [0.1, 0.15) is 22.6 Å². The Bertz CT molecular complexity index is 1070. The Morgan fingerprint density at radius 3 is 2.46 bits per heavy atom. The Morgan fingerprint density at radius 1 is 1.32 bits per heavy atom. The van der Waals surface area contributed by atoms with Crippen LogP contribution in [0.4, 0.5) is 17.3 Å². The molecule has 0 bridgehead atoms. The van der Waals surface area contributed by atoms with Gasteiger partial charge in [-0.05, 0) is 26.0 Å². The van der Waals surface area contributed by atoms with E-state index in [0.717, 1.165) is 18.2 Å². The van der Waals surface area contributed by atoms with Crippen molar-refractivity contribution in [1.82, 2.24) is 0 Å². The van der Waals surface area contributed by atoms with Crippen LogP contribution in [0.2, 0.25) is 0 Å². The van der Waals surface area contributed by atoms with E-state index in [-0.39, 0.29) is 35.1 Å². The van der Waals surface area contributed by atoms with Crippen molar-refractivity contribution in [2.45, 2.75) is 18.7 Å². The number of carbonyl (C=O) groups is 2. The Hall–Kier alpha value is -3.45. The minimum Gasteiger partial charge on any atom is -0.462 e. The predicted octanol–water partition coefficient (Wildman–Crippen LogP) is 1.16. The highest BCUT2D eigenvalue weighted by Gasteiger charge is 2.29. The van der Waals surface area contributed by atoms with Crippen molar-refractivity contribution in [1.29, 1.82) is 0 Å². The summed E-state index contributed by atoms with van der Waals surface area (Å²) in [5.74, 6) is -2.23. The number of esters is 1. The smallest absolute Gasteiger partial charge is 0.342 e. The summed E-state index contributed by atoms with van der Waals surface area (Å²) in [5.41, 5.74) is 3.86. The van der Waals surface area contributed by atoms with E-state index >= 15 is 0 Å². The number of nitrogens with two attached hydrogens (primary N) is 2. The van der Waals surface area contributed by atoms with Crippen molar-refractivity contribution in [3.63, 3.8) is 0 Å². The second-order valence-corrected chi connectivity index (χ2v) is 6.99.